The van der Waals surface area contributed by atoms with Gasteiger partial charge in [-0.3, -0.25) is 9.59 Å². The Bertz CT molecular complexity index is 1520. The average Bonchev–Trinajstić information content (AvgIpc) is 3.69. The number of carbonyl (C=O) groups excluding carboxylic acids is 2. The van der Waals surface area contributed by atoms with Crippen molar-refractivity contribution < 1.29 is 14.0 Å². The van der Waals surface area contributed by atoms with Gasteiger partial charge in [-0.2, -0.15) is 0 Å². The number of carbonyl (C=O) groups is 2. The zero-order chi connectivity index (χ0) is 29.3. The highest BCUT2D eigenvalue weighted by Crippen LogP contribution is 2.51. The molecule has 1 aliphatic carbocycles. The molecule has 1 unspecified atom stereocenters. The largest absolute Gasteiger partial charge is 0.451 e. The fraction of sp³-hybridized carbons (Fsp3) is 0.389. The van der Waals surface area contributed by atoms with E-state index in [4.69, 9.17) is 4.42 Å². The highest BCUT2D eigenvalue weighted by atomic mass is 16.3. The van der Waals surface area contributed by atoms with Gasteiger partial charge in [0.1, 0.15) is 11.0 Å². The summed E-state index contributed by atoms with van der Waals surface area (Å²) in [7, 11) is 0. The van der Waals surface area contributed by atoms with E-state index < -0.39 is 5.41 Å². The maximum absolute atomic E-state index is 14.1. The summed E-state index contributed by atoms with van der Waals surface area (Å²) in [6.45, 7) is 9.81. The highest BCUT2D eigenvalue weighted by Gasteiger charge is 2.48. The van der Waals surface area contributed by atoms with Gasteiger partial charge in [0, 0.05) is 31.1 Å². The summed E-state index contributed by atoms with van der Waals surface area (Å²) in [5.41, 5.74) is 4.61. The van der Waals surface area contributed by atoms with Crippen LogP contribution in [0, 0.1) is 5.41 Å². The third-order valence-electron chi connectivity index (χ3n) is 8.76. The monoisotopic (exact) mass is 563 g/mol. The van der Waals surface area contributed by atoms with E-state index in [9.17, 15) is 9.59 Å². The van der Waals surface area contributed by atoms with Crippen LogP contribution in [0.15, 0.2) is 83.3 Å². The molecule has 0 radical (unpaired) electrons. The van der Waals surface area contributed by atoms with Crippen molar-refractivity contribution in [3.63, 3.8) is 0 Å². The molecular formula is C36H41N3O3. The van der Waals surface area contributed by atoms with Crippen LogP contribution < -0.4 is 10.6 Å². The Balaban J connectivity index is 1.10. The minimum Gasteiger partial charge on any atom is -0.451 e. The first kappa shape index (κ1) is 28.2. The fourth-order valence-corrected chi connectivity index (χ4v) is 6.68. The van der Waals surface area contributed by atoms with Gasteiger partial charge in [-0.15, -0.1) is 0 Å². The van der Waals surface area contributed by atoms with Gasteiger partial charge in [0.15, 0.2) is 5.76 Å². The van der Waals surface area contributed by atoms with Crippen molar-refractivity contribution in [3.05, 3.63) is 95.7 Å². The Morgan fingerprint density at radius 2 is 1.60 bits per heavy atom. The fourth-order valence-electron chi connectivity index (χ4n) is 6.68. The lowest BCUT2D eigenvalue weighted by molar-refractivity contribution is -0.126. The summed E-state index contributed by atoms with van der Waals surface area (Å²) in [6.07, 6.45) is 3.60. The molecule has 4 aromatic rings. The molecule has 42 heavy (non-hydrogen) atoms. The Morgan fingerprint density at radius 1 is 0.929 bits per heavy atom. The molecule has 1 fully saturated rings. The van der Waals surface area contributed by atoms with Crippen LogP contribution in [0.1, 0.15) is 68.1 Å². The quantitative estimate of drug-likeness (QED) is 0.227. The molecule has 0 spiro atoms. The van der Waals surface area contributed by atoms with E-state index in [2.05, 4.69) is 84.8 Å². The topological polar surface area (TPSA) is 74.6 Å². The van der Waals surface area contributed by atoms with Crippen LogP contribution in [0.4, 0.5) is 0 Å². The van der Waals surface area contributed by atoms with Crippen molar-refractivity contribution in [1.29, 1.82) is 0 Å². The minimum absolute atomic E-state index is 0.000606. The van der Waals surface area contributed by atoms with E-state index in [-0.39, 0.29) is 23.3 Å². The zero-order valence-corrected chi connectivity index (χ0v) is 24.9. The summed E-state index contributed by atoms with van der Waals surface area (Å²) < 4.78 is 5.75. The number of unbranched alkanes of at least 4 members (excludes halogenated alkanes) is 1. The molecule has 6 nitrogen and oxygen atoms in total. The van der Waals surface area contributed by atoms with Crippen LogP contribution >= 0.6 is 0 Å². The van der Waals surface area contributed by atoms with E-state index in [1.165, 1.54) is 11.1 Å². The van der Waals surface area contributed by atoms with Gasteiger partial charge < -0.3 is 20.0 Å². The molecule has 1 saturated heterocycles. The lowest BCUT2D eigenvalue weighted by atomic mass is 9.73. The number of para-hydroxylation sites is 1. The zero-order valence-electron chi connectivity index (χ0n) is 24.9. The molecule has 218 valence electrons. The molecule has 2 amide bonds. The number of furan rings is 1. The predicted octanol–water partition coefficient (Wildman–Crippen LogP) is 6.54. The Hall–Kier alpha value is -3.90. The van der Waals surface area contributed by atoms with Crippen molar-refractivity contribution in [3.8, 4) is 11.1 Å². The molecule has 2 heterocycles. The second-order valence-electron chi connectivity index (χ2n) is 13.1. The van der Waals surface area contributed by atoms with Gasteiger partial charge >= 0.3 is 0 Å². The molecule has 0 bridgehead atoms. The molecule has 2 aliphatic rings. The summed E-state index contributed by atoms with van der Waals surface area (Å²) in [4.78, 5) is 29.4. The van der Waals surface area contributed by atoms with Crippen LogP contribution in [0.3, 0.4) is 0 Å². The smallest absolute Gasteiger partial charge is 0.287 e. The highest BCUT2D eigenvalue weighted by molar-refractivity contribution is 6.00. The maximum atomic E-state index is 14.1. The summed E-state index contributed by atoms with van der Waals surface area (Å²) in [5, 5.41) is 7.42. The number of nitrogens with zero attached hydrogens (tertiary/aromatic N) is 1. The number of nitrogens with one attached hydrogen (secondary N) is 2. The maximum Gasteiger partial charge on any atom is 0.287 e. The second kappa shape index (κ2) is 11.4. The first-order valence-corrected chi connectivity index (χ1v) is 15.2. The Morgan fingerprint density at radius 3 is 2.29 bits per heavy atom. The summed E-state index contributed by atoms with van der Waals surface area (Å²) >= 11 is 0. The molecule has 6 heteroatoms. The van der Waals surface area contributed by atoms with Crippen LogP contribution in [0.5, 0.6) is 0 Å². The van der Waals surface area contributed by atoms with E-state index in [0.717, 1.165) is 67.4 Å². The number of amides is 2. The van der Waals surface area contributed by atoms with Crippen molar-refractivity contribution in [1.82, 2.24) is 15.5 Å². The standard InChI is InChI=1S/C36H41N3O3/c1-35(2,3)24-37-34(41)36(29-15-7-5-13-27(29)28-14-6-8-16-30(28)36)19-10-11-20-39-21-18-26(23-39)38-33(40)32-22-25-12-4-9-17-31(25)42-32/h4-9,12-17,22,26H,10-11,18-21,23-24H2,1-3H3,(H,37,41)(H,38,40). The first-order valence-electron chi connectivity index (χ1n) is 15.2. The molecule has 1 aliphatic heterocycles. The number of likely N-dealkylation sites (tertiary alicyclic amines) is 1. The van der Waals surface area contributed by atoms with E-state index in [1.54, 1.807) is 0 Å². The van der Waals surface area contributed by atoms with Gasteiger partial charge in [-0.05, 0) is 65.6 Å². The Labute approximate surface area is 248 Å². The summed E-state index contributed by atoms with van der Waals surface area (Å²) in [5.74, 6) is 0.311. The van der Waals surface area contributed by atoms with E-state index in [0.29, 0.717) is 12.3 Å². The number of fused-ring (bicyclic) bond motifs is 4. The molecule has 0 saturated carbocycles. The van der Waals surface area contributed by atoms with Gasteiger partial charge in [0.2, 0.25) is 5.91 Å². The number of rotatable bonds is 9. The molecule has 1 aromatic heterocycles. The normalized spacial score (nSPS) is 17.6. The third kappa shape index (κ3) is 5.48. The van der Waals surface area contributed by atoms with Crippen LogP contribution in [-0.2, 0) is 10.2 Å². The predicted molar refractivity (Wildman–Crippen MR) is 167 cm³/mol. The van der Waals surface area contributed by atoms with Gasteiger partial charge in [-0.25, -0.2) is 0 Å². The molecule has 2 N–H and O–H groups in total. The lowest BCUT2D eigenvalue weighted by Gasteiger charge is -2.32. The number of hydrogen-bond acceptors (Lipinski definition) is 4. The van der Waals surface area contributed by atoms with Gasteiger partial charge in [-0.1, -0.05) is 93.9 Å². The molecule has 1 atom stereocenters. The van der Waals surface area contributed by atoms with Crippen LogP contribution in [-0.4, -0.2) is 48.9 Å². The van der Waals surface area contributed by atoms with Crippen molar-refractivity contribution in [2.45, 2.75) is 57.9 Å². The molecule has 6 rings (SSSR count). The Kier molecular flexibility index (Phi) is 7.67. The van der Waals surface area contributed by atoms with Crippen LogP contribution in [0.25, 0.3) is 22.1 Å². The van der Waals surface area contributed by atoms with Crippen molar-refractivity contribution >= 4 is 22.8 Å². The molecule has 3 aromatic carbocycles. The van der Waals surface area contributed by atoms with Gasteiger partial charge in [0.05, 0.1) is 0 Å². The van der Waals surface area contributed by atoms with Crippen molar-refractivity contribution in [2.75, 3.05) is 26.2 Å². The van der Waals surface area contributed by atoms with E-state index >= 15 is 0 Å². The minimum atomic E-state index is -0.688. The average molecular weight is 564 g/mol. The van der Waals surface area contributed by atoms with Crippen molar-refractivity contribution in [2.24, 2.45) is 5.41 Å². The lowest BCUT2D eigenvalue weighted by Crippen LogP contribution is -2.46. The van der Waals surface area contributed by atoms with Gasteiger partial charge in [0.25, 0.3) is 5.91 Å². The van der Waals surface area contributed by atoms with Crippen LogP contribution in [0.2, 0.25) is 0 Å². The first-order chi connectivity index (χ1) is 20.2. The van der Waals surface area contributed by atoms with E-state index in [1.807, 2.05) is 30.3 Å². The third-order valence-corrected chi connectivity index (χ3v) is 8.76. The SMILES string of the molecule is CC(C)(C)CNC(=O)C1(CCCCN2CCC(NC(=O)c3cc4ccccc4o3)C2)c2ccccc2-c2ccccc21. The number of benzene rings is 3. The summed E-state index contributed by atoms with van der Waals surface area (Å²) in [6, 6.07) is 26.4. The molecular weight excluding hydrogens is 522 g/mol. The number of hydrogen-bond donors (Lipinski definition) is 2. The second-order valence-corrected chi connectivity index (χ2v) is 13.1.